The van der Waals surface area contributed by atoms with E-state index in [1.54, 1.807) is 0 Å². The van der Waals surface area contributed by atoms with E-state index in [1.807, 2.05) is 39.8 Å². The van der Waals surface area contributed by atoms with Crippen LogP contribution in [0.15, 0.2) is 36.4 Å². The van der Waals surface area contributed by atoms with Gasteiger partial charge in [-0.05, 0) is 52.0 Å². The third-order valence-electron chi connectivity index (χ3n) is 5.94. The zero-order valence-corrected chi connectivity index (χ0v) is 22.5. The van der Waals surface area contributed by atoms with E-state index in [2.05, 4.69) is 52.0 Å². The van der Waals surface area contributed by atoms with Gasteiger partial charge in [0.1, 0.15) is 0 Å². The molecule has 0 atom stereocenters. The van der Waals surface area contributed by atoms with Crippen LogP contribution in [0.25, 0.3) is 22.8 Å². The molecule has 32 heavy (non-hydrogen) atoms. The van der Waals surface area contributed by atoms with Crippen LogP contribution in [0.2, 0.25) is 0 Å². The van der Waals surface area contributed by atoms with Crippen LogP contribution in [0.5, 0.6) is 0 Å². The molecule has 170 valence electrons. The van der Waals surface area contributed by atoms with Crippen LogP contribution in [0, 0.1) is 41.5 Å². The minimum Gasteiger partial charge on any atom is -0.659 e. The molecule has 0 N–H and O–H groups in total. The summed E-state index contributed by atoms with van der Waals surface area (Å²) in [6, 6.07) is 12.3. The number of aryl methyl sites for hydroxylation is 2. The smallest absolute Gasteiger partial charge is 0.659 e. The Hall–Kier alpha value is -2.45. The Morgan fingerprint density at radius 3 is 1.28 bits per heavy atom. The van der Waals surface area contributed by atoms with Gasteiger partial charge in [-0.15, -0.1) is 11.4 Å². The maximum Gasteiger partial charge on any atom is 2.00 e. The van der Waals surface area contributed by atoms with E-state index in [1.165, 1.54) is 22.3 Å². The summed E-state index contributed by atoms with van der Waals surface area (Å²) in [6.07, 6.45) is 0.678. The SMILES string of the molecule is CC.Cc1[n-]c(-c2cccc(Cc3cccc(-c4[n-]c(C)c(C)c4C)n3)n2)c(C)c1C.[Pt+2]. The van der Waals surface area contributed by atoms with Crippen LogP contribution in [0.4, 0.5) is 0 Å². The molecule has 4 nitrogen and oxygen atoms in total. The number of nitrogens with zero attached hydrogens (tertiary/aromatic N) is 4. The maximum atomic E-state index is 4.87. The average Bonchev–Trinajstić information content (AvgIpc) is 3.20. The first kappa shape index (κ1) is 25.8. The third-order valence-corrected chi connectivity index (χ3v) is 5.94. The molecule has 0 aliphatic carbocycles. The summed E-state index contributed by atoms with van der Waals surface area (Å²) in [5.41, 5.74) is 12.8. The van der Waals surface area contributed by atoms with Gasteiger partial charge >= 0.3 is 21.1 Å². The Morgan fingerprint density at radius 1 is 0.594 bits per heavy atom. The third kappa shape index (κ3) is 5.13. The van der Waals surface area contributed by atoms with Crippen LogP contribution < -0.4 is 9.97 Å². The van der Waals surface area contributed by atoms with E-state index in [4.69, 9.17) is 19.9 Å². The molecule has 0 amide bonds. The molecule has 4 aromatic heterocycles. The molecule has 0 aliphatic heterocycles. The molecule has 0 fully saturated rings. The fourth-order valence-electron chi connectivity index (χ4n) is 3.67. The normalized spacial score (nSPS) is 10.4. The van der Waals surface area contributed by atoms with Crippen molar-refractivity contribution >= 4 is 0 Å². The summed E-state index contributed by atoms with van der Waals surface area (Å²) in [5.74, 6) is 0. The van der Waals surface area contributed by atoms with Crippen LogP contribution in [0.3, 0.4) is 0 Å². The predicted octanol–water partition coefficient (Wildman–Crippen LogP) is 6.19. The van der Waals surface area contributed by atoms with E-state index in [0.29, 0.717) is 6.42 Å². The Labute approximate surface area is 206 Å². The summed E-state index contributed by atoms with van der Waals surface area (Å²) in [6.45, 7) is 16.6. The standard InChI is InChI=1S/C25H26N4.C2H6.Pt/c1-14-16(3)24(26-18(14)5)22-11-7-9-20(28-22)13-21-10-8-12-23(29-21)25-17(4)15(2)19(6)27-25;1-2;/h7-12H,13H2,1-6H3;1-2H3;/q-2;;+2. The molecule has 0 saturated carbocycles. The van der Waals surface area contributed by atoms with Gasteiger partial charge in [-0.25, -0.2) is 0 Å². The molecule has 0 unspecified atom stereocenters. The fourth-order valence-corrected chi connectivity index (χ4v) is 3.67. The Bertz CT molecular complexity index is 1110. The van der Waals surface area contributed by atoms with Crippen molar-refractivity contribution in [3.8, 4) is 22.8 Å². The number of aromatic nitrogens is 4. The molecular formula is C27H32N4Pt. The van der Waals surface area contributed by atoms with Gasteiger partial charge in [0.15, 0.2) is 0 Å². The molecule has 0 saturated heterocycles. The molecule has 0 bridgehead atoms. The second kappa shape index (κ2) is 10.9. The van der Waals surface area contributed by atoms with Gasteiger partial charge in [0, 0.05) is 29.2 Å². The van der Waals surface area contributed by atoms with Gasteiger partial charge in [-0.3, -0.25) is 9.97 Å². The van der Waals surface area contributed by atoms with Crippen molar-refractivity contribution in [2.45, 2.75) is 61.8 Å². The maximum absolute atomic E-state index is 4.87. The van der Waals surface area contributed by atoms with Crippen LogP contribution in [-0.4, -0.2) is 9.97 Å². The predicted molar refractivity (Wildman–Crippen MR) is 129 cm³/mol. The second-order valence-electron chi connectivity index (χ2n) is 7.80. The number of rotatable bonds is 4. The molecule has 0 aromatic carbocycles. The Kier molecular flexibility index (Phi) is 8.80. The van der Waals surface area contributed by atoms with Gasteiger partial charge in [-0.2, -0.15) is 11.4 Å². The summed E-state index contributed by atoms with van der Waals surface area (Å²) >= 11 is 0. The van der Waals surface area contributed by atoms with Crippen molar-refractivity contribution < 1.29 is 21.1 Å². The monoisotopic (exact) mass is 607 g/mol. The first-order chi connectivity index (χ1) is 14.8. The molecular weight excluding hydrogens is 575 g/mol. The fraction of sp³-hybridized carbons (Fsp3) is 0.333. The molecule has 5 heteroatoms. The molecule has 0 radical (unpaired) electrons. The summed E-state index contributed by atoms with van der Waals surface area (Å²) in [7, 11) is 0. The van der Waals surface area contributed by atoms with Gasteiger partial charge in [0.2, 0.25) is 0 Å². The second-order valence-corrected chi connectivity index (χ2v) is 7.80. The first-order valence-electron chi connectivity index (χ1n) is 11.0. The molecule has 4 heterocycles. The van der Waals surface area contributed by atoms with Crippen molar-refractivity contribution in [1.82, 2.24) is 19.9 Å². The molecule has 4 aromatic rings. The van der Waals surface area contributed by atoms with Gasteiger partial charge in [-0.1, -0.05) is 62.1 Å². The van der Waals surface area contributed by atoms with Crippen molar-refractivity contribution in [1.29, 1.82) is 0 Å². The van der Waals surface area contributed by atoms with E-state index in [0.717, 1.165) is 45.6 Å². The van der Waals surface area contributed by atoms with E-state index in [-0.39, 0.29) is 21.1 Å². The van der Waals surface area contributed by atoms with Crippen LogP contribution >= 0.6 is 0 Å². The van der Waals surface area contributed by atoms with Gasteiger partial charge in [0.05, 0.1) is 0 Å². The molecule has 0 spiro atoms. The van der Waals surface area contributed by atoms with Crippen LogP contribution in [-0.2, 0) is 27.5 Å². The van der Waals surface area contributed by atoms with Gasteiger partial charge < -0.3 is 9.97 Å². The number of hydrogen-bond donors (Lipinski definition) is 0. The largest absolute Gasteiger partial charge is 2.00 e. The molecule has 0 aliphatic rings. The summed E-state index contributed by atoms with van der Waals surface area (Å²) in [5, 5.41) is 0. The van der Waals surface area contributed by atoms with Crippen molar-refractivity contribution in [3.05, 3.63) is 81.4 Å². The Morgan fingerprint density at radius 2 is 0.969 bits per heavy atom. The van der Waals surface area contributed by atoms with Gasteiger partial charge in [0.25, 0.3) is 0 Å². The van der Waals surface area contributed by atoms with Crippen molar-refractivity contribution in [2.75, 3.05) is 0 Å². The minimum absolute atomic E-state index is 0. The minimum atomic E-state index is 0. The first-order valence-corrected chi connectivity index (χ1v) is 11.0. The van der Waals surface area contributed by atoms with Crippen LogP contribution in [0.1, 0.15) is 58.9 Å². The van der Waals surface area contributed by atoms with Crippen molar-refractivity contribution in [3.63, 3.8) is 0 Å². The Balaban J connectivity index is 0.00000118. The summed E-state index contributed by atoms with van der Waals surface area (Å²) in [4.78, 5) is 19.2. The molecule has 4 rings (SSSR count). The van der Waals surface area contributed by atoms with E-state index in [9.17, 15) is 0 Å². The number of pyridine rings is 2. The average molecular weight is 608 g/mol. The van der Waals surface area contributed by atoms with Crippen molar-refractivity contribution in [2.24, 2.45) is 0 Å². The topological polar surface area (TPSA) is 54.0 Å². The number of hydrogen-bond acceptors (Lipinski definition) is 2. The zero-order chi connectivity index (χ0) is 22.7. The zero-order valence-electron chi connectivity index (χ0n) is 20.3. The van der Waals surface area contributed by atoms with E-state index >= 15 is 0 Å². The quantitative estimate of drug-likeness (QED) is 0.278. The van der Waals surface area contributed by atoms with E-state index < -0.39 is 0 Å². The summed E-state index contributed by atoms with van der Waals surface area (Å²) < 4.78 is 0.